The zero-order chi connectivity index (χ0) is 23.1. The van der Waals surface area contributed by atoms with Gasteiger partial charge in [0.15, 0.2) is 0 Å². The third kappa shape index (κ3) is 6.30. The van der Waals surface area contributed by atoms with E-state index >= 15 is 0 Å². The van der Waals surface area contributed by atoms with E-state index < -0.39 is 17.8 Å². The van der Waals surface area contributed by atoms with Crippen LogP contribution in [0.5, 0.6) is 11.5 Å². The lowest BCUT2D eigenvalue weighted by Gasteiger charge is -2.13. The number of rotatable bonds is 9. The summed E-state index contributed by atoms with van der Waals surface area (Å²) >= 11 is 0.779. The van der Waals surface area contributed by atoms with Gasteiger partial charge in [0.05, 0.1) is 18.4 Å². The highest BCUT2D eigenvalue weighted by atomic mass is 32.2. The molecule has 0 radical (unpaired) electrons. The predicted molar refractivity (Wildman–Crippen MR) is 115 cm³/mol. The molecule has 1 fully saturated rings. The zero-order valence-corrected chi connectivity index (χ0v) is 17.9. The molecule has 2 aromatic carbocycles. The normalized spacial score (nSPS) is 14.9. The molecule has 0 saturated carbocycles. The molecule has 2 aromatic rings. The maximum Gasteiger partial charge on any atom is 0.387 e. The van der Waals surface area contributed by atoms with Crippen LogP contribution in [0.4, 0.5) is 13.6 Å². The maximum atomic E-state index is 12.5. The average Bonchev–Trinajstić information content (AvgIpc) is 3.02. The molecule has 1 aliphatic rings. The predicted octanol–water partition coefficient (Wildman–Crippen LogP) is 3.69. The number of benzene rings is 2. The fraction of sp³-hybridized carbons (Fsp3) is 0.227. The smallest absolute Gasteiger partial charge is 0.387 e. The Bertz CT molecular complexity index is 1010. The van der Waals surface area contributed by atoms with Crippen molar-refractivity contribution in [3.63, 3.8) is 0 Å². The third-order valence-electron chi connectivity index (χ3n) is 4.46. The van der Waals surface area contributed by atoms with Crippen LogP contribution in [-0.2, 0) is 16.0 Å². The van der Waals surface area contributed by atoms with E-state index in [1.807, 2.05) is 0 Å². The summed E-state index contributed by atoms with van der Waals surface area (Å²) in [5.74, 6) is -0.0178. The zero-order valence-electron chi connectivity index (χ0n) is 17.0. The number of thioether (sulfide) groups is 1. The molecule has 0 aromatic heterocycles. The highest BCUT2D eigenvalue weighted by Gasteiger charge is 2.34. The number of hydrogen-bond acceptors (Lipinski definition) is 6. The van der Waals surface area contributed by atoms with Gasteiger partial charge < -0.3 is 14.8 Å². The summed E-state index contributed by atoms with van der Waals surface area (Å²) < 4.78 is 33.8. The number of amides is 3. The van der Waals surface area contributed by atoms with Gasteiger partial charge in [0, 0.05) is 13.1 Å². The minimum absolute atomic E-state index is 0.00404. The lowest BCUT2D eigenvalue weighted by atomic mass is 10.1. The van der Waals surface area contributed by atoms with E-state index in [0.717, 1.165) is 22.2 Å². The number of imide groups is 1. The summed E-state index contributed by atoms with van der Waals surface area (Å²) in [4.78, 5) is 38.1. The van der Waals surface area contributed by atoms with E-state index in [-0.39, 0.29) is 36.1 Å². The van der Waals surface area contributed by atoms with E-state index in [2.05, 4.69) is 10.1 Å². The second kappa shape index (κ2) is 10.8. The molecule has 1 aliphatic heterocycles. The van der Waals surface area contributed by atoms with Crippen LogP contribution in [0.3, 0.4) is 0 Å². The Labute approximate surface area is 187 Å². The molecule has 0 spiro atoms. The van der Waals surface area contributed by atoms with Gasteiger partial charge in [0.25, 0.3) is 11.1 Å². The first-order valence-electron chi connectivity index (χ1n) is 9.55. The van der Waals surface area contributed by atoms with Crippen LogP contribution in [0.25, 0.3) is 6.08 Å². The monoisotopic (exact) mass is 462 g/mol. The Morgan fingerprint density at radius 3 is 2.38 bits per heavy atom. The van der Waals surface area contributed by atoms with Crippen molar-refractivity contribution in [2.75, 3.05) is 20.2 Å². The molecule has 3 amide bonds. The molecule has 1 saturated heterocycles. The number of nitrogens with zero attached hydrogens (tertiary/aromatic N) is 1. The molecule has 1 N–H and O–H groups in total. The molecule has 0 bridgehead atoms. The minimum atomic E-state index is -2.92. The van der Waals surface area contributed by atoms with E-state index in [1.54, 1.807) is 31.4 Å². The van der Waals surface area contributed by atoms with E-state index in [0.29, 0.717) is 11.3 Å². The number of hydrogen-bond donors (Lipinski definition) is 1. The van der Waals surface area contributed by atoms with E-state index in [4.69, 9.17) is 4.74 Å². The quantitative estimate of drug-likeness (QED) is 0.572. The third-order valence-corrected chi connectivity index (χ3v) is 5.37. The summed E-state index contributed by atoms with van der Waals surface area (Å²) in [6.45, 7) is -2.76. The first kappa shape index (κ1) is 23.3. The maximum absolute atomic E-state index is 12.5. The van der Waals surface area contributed by atoms with Crippen LogP contribution in [-0.4, -0.2) is 48.8 Å². The Kier molecular flexibility index (Phi) is 7.82. The SMILES string of the molecule is COc1ccc(CC(=O)NCCN2C(=O)S/C(=C\c3ccc(OC(F)F)cc3)C2=O)cc1. The molecule has 32 heavy (non-hydrogen) atoms. The molecule has 168 valence electrons. The van der Waals surface area contributed by atoms with Crippen molar-refractivity contribution in [2.45, 2.75) is 13.0 Å². The summed E-state index contributed by atoms with van der Waals surface area (Å²) in [6, 6.07) is 12.8. The van der Waals surface area contributed by atoms with Crippen LogP contribution in [0.15, 0.2) is 53.4 Å². The van der Waals surface area contributed by atoms with E-state index in [9.17, 15) is 23.2 Å². The second-order valence-electron chi connectivity index (χ2n) is 6.66. The number of ether oxygens (including phenoxy) is 2. The molecule has 0 atom stereocenters. The Morgan fingerprint density at radius 1 is 1.09 bits per heavy atom. The van der Waals surface area contributed by atoms with Gasteiger partial charge in [-0.15, -0.1) is 0 Å². The minimum Gasteiger partial charge on any atom is -0.497 e. The van der Waals surface area contributed by atoms with Gasteiger partial charge in [-0.1, -0.05) is 24.3 Å². The summed E-state index contributed by atoms with van der Waals surface area (Å²) in [6.07, 6.45) is 1.66. The van der Waals surface area contributed by atoms with Crippen LogP contribution in [0, 0.1) is 0 Å². The number of alkyl halides is 2. The van der Waals surface area contributed by atoms with Crippen LogP contribution in [0.1, 0.15) is 11.1 Å². The van der Waals surface area contributed by atoms with Crippen molar-refractivity contribution >= 4 is 34.9 Å². The molecule has 7 nitrogen and oxygen atoms in total. The summed E-state index contributed by atoms with van der Waals surface area (Å²) in [5, 5.41) is 2.25. The van der Waals surface area contributed by atoms with Crippen molar-refractivity contribution < 1.29 is 32.6 Å². The molecule has 3 rings (SSSR count). The van der Waals surface area contributed by atoms with E-state index in [1.165, 1.54) is 30.3 Å². The highest BCUT2D eigenvalue weighted by molar-refractivity contribution is 8.18. The largest absolute Gasteiger partial charge is 0.497 e. The Hall–Kier alpha value is -3.40. The topological polar surface area (TPSA) is 84.9 Å². The van der Waals surface area contributed by atoms with Gasteiger partial charge in [-0.3, -0.25) is 19.3 Å². The number of methoxy groups -OCH3 is 1. The molecule has 0 aliphatic carbocycles. The number of nitrogens with one attached hydrogen (secondary N) is 1. The van der Waals surface area contributed by atoms with Gasteiger partial charge in [0.2, 0.25) is 5.91 Å². The van der Waals surface area contributed by atoms with Crippen molar-refractivity contribution in [1.82, 2.24) is 10.2 Å². The van der Waals surface area contributed by atoms with Crippen LogP contribution >= 0.6 is 11.8 Å². The van der Waals surface area contributed by atoms with Gasteiger partial charge in [0.1, 0.15) is 11.5 Å². The van der Waals surface area contributed by atoms with Crippen LogP contribution in [0.2, 0.25) is 0 Å². The number of halogens is 2. The lowest BCUT2D eigenvalue weighted by Crippen LogP contribution is -2.37. The fourth-order valence-corrected chi connectivity index (χ4v) is 3.75. The first-order valence-corrected chi connectivity index (χ1v) is 10.4. The van der Waals surface area contributed by atoms with Gasteiger partial charge in [-0.2, -0.15) is 8.78 Å². The molecular weight excluding hydrogens is 442 g/mol. The van der Waals surface area contributed by atoms with Crippen LogP contribution < -0.4 is 14.8 Å². The van der Waals surface area contributed by atoms with Crippen molar-refractivity contribution in [3.05, 3.63) is 64.6 Å². The standard InChI is InChI=1S/C22H20F2N2O5S/c1-30-16-6-2-15(3-7-16)13-19(27)25-10-11-26-20(28)18(32-22(26)29)12-14-4-8-17(9-5-14)31-21(23)24/h2-9,12,21H,10-11,13H2,1H3,(H,25,27)/b18-12-. The average molecular weight is 462 g/mol. The van der Waals surface area contributed by atoms with Gasteiger partial charge in [-0.25, -0.2) is 0 Å². The second-order valence-corrected chi connectivity index (χ2v) is 7.65. The summed E-state index contributed by atoms with van der Waals surface area (Å²) in [7, 11) is 1.56. The summed E-state index contributed by atoms with van der Waals surface area (Å²) in [5.41, 5.74) is 1.37. The van der Waals surface area contributed by atoms with Crippen molar-refractivity contribution in [3.8, 4) is 11.5 Å². The molecule has 1 heterocycles. The lowest BCUT2D eigenvalue weighted by molar-refractivity contribution is -0.124. The Morgan fingerprint density at radius 2 is 1.75 bits per heavy atom. The molecular formula is C22H20F2N2O5S. The Balaban J connectivity index is 1.51. The van der Waals surface area contributed by atoms with Gasteiger partial charge >= 0.3 is 6.61 Å². The van der Waals surface area contributed by atoms with Gasteiger partial charge in [-0.05, 0) is 53.2 Å². The van der Waals surface area contributed by atoms with Crippen molar-refractivity contribution in [2.24, 2.45) is 0 Å². The fourth-order valence-electron chi connectivity index (χ4n) is 2.89. The highest BCUT2D eigenvalue weighted by Crippen LogP contribution is 2.32. The molecule has 10 heteroatoms. The first-order chi connectivity index (χ1) is 15.4. The van der Waals surface area contributed by atoms with Crippen molar-refractivity contribution in [1.29, 1.82) is 0 Å². The number of carbonyl (C=O) groups excluding carboxylic acids is 3. The number of carbonyl (C=O) groups is 3. The molecule has 0 unspecified atom stereocenters.